The second kappa shape index (κ2) is 8.84. The lowest BCUT2D eigenvalue weighted by molar-refractivity contribution is -0.133. The number of nitrogens with zero attached hydrogens (tertiary/aromatic N) is 2. The van der Waals surface area contributed by atoms with E-state index in [9.17, 15) is 4.79 Å². The Morgan fingerprint density at radius 3 is 2.52 bits per heavy atom. The molecule has 2 aliphatic heterocycles. The summed E-state index contributed by atoms with van der Waals surface area (Å²) in [7, 11) is 0. The third-order valence-corrected chi connectivity index (χ3v) is 5.75. The summed E-state index contributed by atoms with van der Waals surface area (Å²) in [6, 6.07) is 16.6. The summed E-state index contributed by atoms with van der Waals surface area (Å²) in [4.78, 5) is 17.4. The molecule has 0 aliphatic carbocycles. The smallest absolute Gasteiger partial charge is 0.241 e. The van der Waals surface area contributed by atoms with Crippen LogP contribution in [0.4, 0.5) is 5.69 Å². The lowest BCUT2D eigenvalue weighted by atomic mass is 10.0. The minimum Gasteiger partial charge on any atom is -0.494 e. The highest BCUT2D eigenvalue weighted by molar-refractivity contribution is 5.82. The van der Waals surface area contributed by atoms with Gasteiger partial charge in [0, 0.05) is 37.9 Å². The minimum absolute atomic E-state index is 0.133. The zero-order chi connectivity index (χ0) is 20.2. The molecular weight excluding hydrogens is 364 g/mol. The molecular formula is C23H30N4O2. The predicted molar refractivity (Wildman–Crippen MR) is 115 cm³/mol. The molecule has 2 unspecified atom stereocenters. The molecule has 1 amide bonds. The third-order valence-electron chi connectivity index (χ3n) is 5.75. The highest BCUT2D eigenvalue weighted by Gasteiger charge is 2.34. The van der Waals surface area contributed by atoms with E-state index < -0.39 is 0 Å². The Balaban J connectivity index is 1.30. The van der Waals surface area contributed by atoms with Gasteiger partial charge >= 0.3 is 0 Å². The number of hydrogen-bond donors (Lipinski definition) is 2. The van der Waals surface area contributed by atoms with Gasteiger partial charge in [0.05, 0.1) is 6.61 Å². The molecule has 6 heteroatoms. The van der Waals surface area contributed by atoms with Gasteiger partial charge in [0.25, 0.3) is 0 Å². The summed E-state index contributed by atoms with van der Waals surface area (Å²) in [6.07, 6.45) is 0.755. The Morgan fingerprint density at radius 2 is 1.83 bits per heavy atom. The third kappa shape index (κ3) is 4.54. The monoisotopic (exact) mass is 394 g/mol. The first-order chi connectivity index (χ1) is 14.1. The molecule has 2 atom stereocenters. The van der Waals surface area contributed by atoms with Gasteiger partial charge in [-0.25, -0.2) is 10.9 Å². The number of rotatable bonds is 5. The number of aryl methyl sites for hydroxylation is 1. The number of benzene rings is 2. The van der Waals surface area contributed by atoms with Crippen molar-refractivity contribution in [3.05, 3.63) is 59.7 Å². The van der Waals surface area contributed by atoms with E-state index in [-0.39, 0.29) is 18.0 Å². The van der Waals surface area contributed by atoms with Crippen LogP contribution in [0.1, 0.15) is 30.5 Å². The lowest BCUT2D eigenvalue weighted by Gasteiger charge is -2.37. The SMILES string of the molecule is CCOc1ccc(C2CC(C(=O)N3CCN(c4cccc(C)c4)CC3)NN2)cc1. The number of amides is 1. The quantitative estimate of drug-likeness (QED) is 0.817. The van der Waals surface area contributed by atoms with Crippen molar-refractivity contribution in [3.63, 3.8) is 0 Å². The van der Waals surface area contributed by atoms with Gasteiger partial charge in [0.1, 0.15) is 11.8 Å². The van der Waals surface area contributed by atoms with Crippen molar-refractivity contribution < 1.29 is 9.53 Å². The molecule has 2 aromatic rings. The van der Waals surface area contributed by atoms with Crippen molar-refractivity contribution in [2.75, 3.05) is 37.7 Å². The van der Waals surface area contributed by atoms with E-state index in [0.29, 0.717) is 6.61 Å². The number of nitrogens with one attached hydrogen (secondary N) is 2. The van der Waals surface area contributed by atoms with E-state index in [0.717, 1.165) is 38.3 Å². The first-order valence-electron chi connectivity index (χ1n) is 10.5. The van der Waals surface area contributed by atoms with Crippen molar-refractivity contribution in [2.45, 2.75) is 32.4 Å². The van der Waals surface area contributed by atoms with Gasteiger partial charge in [-0.2, -0.15) is 0 Å². The van der Waals surface area contributed by atoms with Gasteiger partial charge in [-0.15, -0.1) is 0 Å². The molecule has 6 nitrogen and oxygen atoms in total. The van der Waals surface area contributed by atoms with Crippen LogP contribution in [0.5, 0.6) is 5.75 Å². The molecule has 0 bridgehead atoms. The van der Waals surface area contributed by atoms with Crippen LogP contribution >= 0.6 is 0 Å². The van der Waals surface area contributed by atoms with Crippen molar-refractivity contribution >= 4 is 11.6 Å². The average Bonchev–Trinajstić information content (AvgIpc) is 3.24. The fourth-order valence-electron chi connectivity index (χ4n) is 4.13. The Kier molecular flexibility index (Phi) is 6.02. The molecule has 0 spiro atoms. The number of hydrogen-bond acceptors (Lipinski definition) is 5. The molecule has 2 saturated heterocycles. The van der Waals surface area contributed by atoms with Crippen LogP contribution in [0, 0.1) is 6.92 Å². The van der Waals surface area contributed by atoms with E-state index in [1.807, 2.05) is 24.0 Å². The molecule has 2 aliphatic rings. The van der Waals surface area contributed by atoms with E-state index in [1.165, 1.54) is 16.8 Å². The summed E-state index contributed by atoms with van der Waals surface area (Å²) in [5.74, 6) is 1.07. The Hall–Kier alpha value is -2.57. The summed E-state index contributed by atoms with van der Waals surface area (Å²) >= 11 is 0. The maximum absolute atomic E-state index is 13.0. The number of anilines is 1. The van der Waals surface area contributed by atoms with E-state index >= 15 is 0 Å². The number of carbonyl (C=O) groups excluding carboxylic acids is 1. The molecule has 2 aromatic carbocycles. The highest BCUT2D eigenvalue weighted by atomic mass is 16.5. The summed E-state index contributed by atoms with van der Waals surface area (Å²) in [6.45, 7) is 8.03. The number of ether oxygens (including phenoxy) is 1. The molecule has 2 heterocycles. The standard InChI is InChI=1S/C23H30N4O2/c1-3-29-20-9-7-18(8-10-20)21-16-22(25-24-21)23(28)27-13-11-26(12-14-27)19-6-4-5-17(2)15-19/h4-10,15,21-22,24-25H,3,11-14,16H2,1-2H3. The van der Waals surface area contributed by atoms with Crippen LogP contribution in [0.3, 0.4) is 0 Å². The largest absolute Gasteiger partial charge is 0.494 e. The maximum Gasteiger partial charge on any atom is 0.241 e. The van der Waals surface area contributed by atoms with Crippen molar-refractivity contribution in [1.29, 1.82) is 0 Å². The molecule has 0 saturated carbocycles. The molecule has 0 radical (unpaired) electrons. The number of piperazine rings is 1. The molecule has 2 fully saturated rings. The highest BCUT2D eigenvalue weighted by Crippen LogP contribution is 2.26. The lowest BCUT2D eigenvalue weighted by Crippen LogP contribution is -2.53. The second-order valence-corrected chi connectivity index (χ2v) is 7.78. The van der Waals surface area contributed by atoms with Gasteiger partial charge in [-0.05, 0) is 55.7 Å². The van der Waals surface area contributed by atoms with Crippen LogP contribution in [0.25, 0.3) is 0 Å². The Bertz CT molecular complexity index is 831. The van der Waals surface area contributed by atoms with Crippen molar-refractivity contribution in [2.24, 2.45) is 0 Å². The van der Waals surface area contributed by atoms with E-state index in [1.54, 1.807) is 0 Å². The minimum atomic E-state index is -0.183. The van der Waals surface area contributed by atoms with Crippen LogP contribution in [0.15, 0.2) is 48.5 Å². The van der Waals surface area contributed by atoms with Gasteiger partial charge < -0.3 is 14.5 Å². The Morgan fingerprint density at radius 1 is 1.07 bits per heavy atom. The van der Waals surface area contributed by atoms with Crippen LogP contribution < -0.4 is 20.5 Å². The molecule has 29 heavy (non-hydrogen) atoms. The summed E-state index contributed by atoms with van der Waals surface area (Å²) in [5.41, 5.74) is 10.2. The Labute approximate surface area is 172 Å². The van der Waals surface area contributed by atoms with E-state index in [2.05, 4.69) is 59.1 Å². The zero-order valence-corrected chi connectivity index (χ0v) is 17.2. The first kappa shape index (κ1) is 19.7. The van der Waals surface area contributed by atoms with Crippen molar-refractivity contribution in [1.82, 2.24) is 15.8 Å². The van der Waals surface area contributed by atoms with Crippen LogP contribution in [0.2, 0.25) is 0 Å². The first-order valence-corrected chi connectivity index (χ1v) is 10.5. The normalized spacial score (nSPS) is 22.0. The fraction of sp³-hybridized carbons (Fsp3) is 0.435. The number of carbonyl (C=O) groups is 1. The predicted octanol–water partition coefficient (Wildman–Crippen LogP) is 2.65. The zero-order valence-electron chi connectivity index (χ0n) is 17.2. The summed E-state index contributed by atoms with van der Waals surface area (Å²) in [5, 5.41) is 0. The number of hydrazine groups is 1. The van der Waals surface area contributed by atoms with Gasteiger partial charge in [0.2, 0.25) is 5.91 Å². The molecule has 0 aromatic heterocycles. The summed E-state index contributed by atoms with van der Waals surface area (Å²) < 4.78 is 5.51. The van der Waals surface area contributed by atoms with Gasteiger partial charge in [0.15, 0.2) is 0 Å². The van der Waals surface area contributed by atoms with Crippen molar-refractivity contribution in [3.8, 4) is 5.75 Å². The topological polar surface area (TPSA) is 56.8 Å². The maximum atomic E-state index is 13.0. The van der Waals surface area contributed by atoms with E-state index in [4.69, 9.17) is 4.74 Å². The molecule has 4 rings (SSSR count). The average molecular weight is 395 g/mol. The van der Waals surface area contributed by atoms with Crippen LogP contribution in [-0.2, 0) is 4.79 Å². The van der Waals surface area contributed by atoms with Crippen LogP contribution in [-0.4, -0.2) is 49.6 Å². The van der Waals surface area contributed by atoms with Gasteiger partial charge in [-0.1, -0.05) is 24.3 Å². The molecule has 154 valence electrons. The second-order valence-electron chi connectivity index (χ2n) is 7.78. The fourth-order valence-corrected chi connectivity index (χ4v) is 4.13. The van der Waals surface area contributed by atoms with Gasteiger partial charge in [-0.3, -0.25) is 4.79 Å². The molecule has 2 N–H and O–H groups in total.